The summed E-state index contributed by atoms with van der Waals surface area (Å²) in [6, 6.07) is 5.48. The van der Waals surface area contributed by atoms with Gasteiger partial charge in [-0.3, -0.25) is 0 Å². The van der Waals surface area contributed by atoms with Crippen molar-refractivity contribution in [2.24, 2.45) is 5.73 Å². The summed E-state index contributed by atoms with van der Waals surface area (Å²) in [7, 11) is 3.15. The van der Waals surface area contributed by atoms with Crippen LogP contribution in [0, 0.1) is 0 Å². The monoisotopic (exact) mass is 285 g/mol. The van der Waals surface area contributed by atoms with E-state index >= 15 is 0 Å². The van der Waals surface area contributed by atoms with Crippen LogP contribution in [0.2, 0.25) is 0 Å². The Morgan fingerprint density at radius 2 is 2.05 bits per heavy atom. The van der Waals surface area contributed by atoms with Crippen molar-refractivity contribution < 1.29 is 14.0 Å². The molecule has 0 aliphatic heterocycles. The Kier molecular flexibility index (Phi) is 5.59. The summed E-state index contributed by atoms with van der Waals surface area (Å²) in [4.78, 5) is 4.26. The summed E-state index contributed by atoms with van der Waals surface area (Å²) >= 11 is 0. The van der Waals surface area contributed by atoms with Crippen LogP contribution in [0.3, 0.4) is 0 Å². The molecular weight excluding hydrogens is 270 g/mol. The third kappa shape index (κ3) is 3.15. The van der Waals surface area contributed by atoms with Crippen LogP contribution in [0.1, 0.15) is 5.82 Å². The molecule has 6 nitrogen and oxygen atoms in total. The van der Waals surface area contributed by atoms with E-state index in [2.05, 4.69) is 10.1 Å². The predicted octanol–water partition coefficient (Wildman–Crippen LogP) is 1.68. The summed E-state index contributed by atoms with van der Waals surface area (Å²) in [6.07, 6.45) is 0.579. The molecule has 0 saturated heterocycles. The molecule has 0 radical (unpaired) electrons. The molecule has 1 heterocycles. The first-order chi connectivity index (χ1) is 8.80. The van der Waals surface area contributed by atoms with Crippen molar-refractivity contribution in [1.29, 1.82) is 0 Å². The van der Waals surface area contributed by atoms with E-state index in [4.69, 9.17) is 19.7 Å². The van der Waals surface area contributed by atoms with E-state index in [-0.39, 0.29) is 12.4 Å². The second kappa shape index (κ2) is 6.96. The molecule has 0 bridgehead atoms. The molecule has 0 spiro atoms. The molecule has 0 unspecified atom stereocenters. The van der Waals surface area contributed by atoms with E-state index in [1.54, 1.807) is 20.3 Å². The number of aromatic nitrogens is 2. The van der Waals surface area contributed by atoms with Gasteiger partial charge in [0.1, 0.15) is 0 Å². The molecule has 7 heteroatoms. The maximum absolute atomic E-state index is 5.44. The number of halogens is 1. The molecule has 0 amide bonds. The number of nitrogens with two attached hydrogens (primary N) is 1. The molecule has 0 fully saturated rings. The fraction of sp³-hybridized carbons (Fsp3) is 0.333. The van der Waals surface area contributed by atoms with Gasteiger partial charge >= 0.3 is 0 Å². The number of ether oxygens (including phenoxy) is 2. The number of methoxy groups -OCH3 is 2. The van der Waals surface area contributed by atoms with Gasteiger partial charge in [-0.05, 0) is 18.7 Å². The third-order valence-corrected chi connectivity index (χ3v) is 2.47. The zero-order valence-electron chi connectivity index (χ0n) is 10.8. The highest BCUT2D eigenvalue weighted by molar-refractivity contribution is 5.85. The minimum Gasteiger partial charge on any atom is -0.493 e. The van der Waals surface area contributed by atoms with Crippen molar-refractivity contribution in [2.75, 3.05) is 20.8 Å². The average Bonchev–Trinajstić information content (AvgIpc) is 2.86. The van der Waals surface area contributed by atoms with Crippen LogP contribution < -0.4 is 15.2 Å². The Bertz CT molecular complexity index is 531. The lowest BCUT2D eigenvalue weighted by Crippen LogP contribution is -2.03. The molecular formula is C12H16ClN3O3. The Labute approximate surface area is 117 Å². The van der Waals surface area contributed by atoms with E-state index in [1.807, 2.05) is 12.1 Å². The van der Waals surface area contributed by atoms with Crippen LogP contribution in [-0.2, 0) is 6.42 Å². The van der Waals surface area contributed by atoms with E-state index in [0.717, 1.165) is 0 Å². The first kappa shape index (κ1) is 15.3. The van der Waals surface area contributed by atoms with Crippen molar-refractivity contribution >= 4 is 12.4 Å². The smallest absolute Gasteiger partial charge is 0.261 e. The fourth-order valence-electron chi connectivity index (χ4n) is 1.65. The molecule has 0 saturated carbocycles. The summed E-state index contributed by atoms with van der Waals surface area (Å²) in [5.41, 5.74) is 6.15. The number of benzene rings is 1. The van der Waals surface area contributed by atoms with Crippen molar-refractivity contribution in [2.45, 2.75) is 6.42 Å². The molecule has 104 valence electrons. The summed E-state index contributed by atoms with van der Waals surface area (Å²) in [5, 5.41) is 3.85. The molecule has 0 aliphatic carbocycles. The second-order valence-corrected chi connectivity index (χ2v) is 3.60. The first-order valence-electron chi connectivity index (χ1n) is 5.54. The fourth-order valence-corrected chi connectivity index (χ4v) is 1.65. The Balaban J connectivity index is 0.00000180. The van der Waals surface area contributed by atoms with Crippen molar-refractivity contribution in [1.82, 2.24) is 10.1 Å². The van der Waals surface area contributed by atoms with Crippen LogP contribution in [0.4, 0.5) is 0 Å². The predicted molar refractivity (Wildman–Crippen MR) is 72.8 cm³/mol. The van der Waals surface area contributed by atoms with Crippen LogP contribution in [-0.4, -0.2) is 30.9 Å². The van der Waals surface area contributed by atoms with Gasteiger partial charge in [0.25, 0.3) is 5.89 Å². The van der Waals surface area contributed by atoms with Gasteiger partial charge in [0, 0.05) is 6.42 Å². The standard InChI is InChI=1S/C12H15N3O3.ClH/c1-16-9-5-3-4-8(11(9)17-2)12-14-10(6-7-13)15-18-12;/h3-5H,6-7,13H2,1-2H3;1H. The molecule has 2 rings (SSSR count). The van der Waals surface area contributed by atoms with Gasteiger partial charge in [0.05, 0.1) is 19.8 Å². The SMILES string of the molecule is COc1cccc(-c2nc(CCN)no2)c1OC.Cl. The lowest BCUT2D eigenvalue weighted by molar-refractivity contribution is 0.353. The van der Waals surface area contributed by atoms with Crippen LogP contribution in [0.25, 0.3) is 11.5 Å². The van der Waals surface area contributed by atoms with Crippen molar-refractivity contribution in [3.8, 4) is 23.0 Å². The van der Waals surface area contributed by atoms with E-state index in [0.29, 0.717) is 41.7 Å². The second-order valence-electron chi connectivity index (χ2n) is 3.60. The zero-order valence-corrected chi connectivity index (χ0v) is 11.6. The van der Waals surface area contributed by atoms with E-state index < -0.39 is 0 Å². The van der Waals surface area contributed by atoms with E-state index in [1.165, 1.54) is 0 Å². The average molecular weight is 286 g/mol. The number of para-hydroxylation sites is 1. The minimum absolute atomic E-state index is 0. The zero-order chi connectivity index (χ0) is 13.0. The number of nitrogens with zero attached hydrogens (tertiary/aromatic N) is 2. The van der Waals surface area contributed by atoms with Gasteiger partial charge in [0.2, 0.25) is 0 Å². The van der Waals surface area contributed by atoms with Crippen LogP contribution in [0.5, 0.6) is 11.5 Å². The molecule has 1 aromatic carbocycles. The van der Waals surface area contributed by atoms with Gasteiger partial charge in [-0.2, -0.15) is 4.98 Å². The highest BCUT2D eigenvalue weighted by Gasteiger charge is 2.16. The number of rotatable bonds is 5. The largest absolute Gasteiger partial charge is 0.493 e. The molecule has 1 aromatic heterocycles. The van der Waals surface area contributed by atoms with Gasteiger partial charge in [-0.25, -0.2) is 0 Å². The Morgan fingerprint density at radius 1 is 1.26 bits per heavy atom. The summed E-state index contributed by atoms with van der Waals surface area (Å²) in [5.74, 6) is 2.17. The molecule has 0 atom stereocenters. The highest BCUT2D eigenvalue weighted by atomic mass is 35.5. The number of hydrogen-bond acceptors (Lipinski definition) is 6. The van der Waals surface area contributed by atoms with Crippen LogP contribution in [0.15, 0.2) is 22.7 Å². The maximum Gasteiger partial charge on any atom is 0.261 e. The molecule has 0 aliphatic rings. The third-order valence-electron chi connectivity index (χ3n) is 2.47. The van der Waals surface area contributed by atoms with Crippen molar-refractivity contribution in [3.63, 3.8) is 0 Å². The van der Waals surface area contributed by atoms with Crippen LogP contribution >= 0.6 is 12.4 Å². The molecule has 2 N–H and O–H groups in total. The Morgan fingerprint density at radius 3 is 2.68 bits per heavy atom. The van der Waals surface area contributed by atoms with Gasteiger partial charge in [-0.1, -0.05) is 11.2 Å². The van der Waals surface area contributed by atoms with Crippen molar-refractivity contribution in [3.05, 3.63) is 24.0 Å². The summed E-state index contributed by atoms with van der Waals surface area (Å²) in [6.45, 7) is 0.480. The van der Waals surface area contributed by atoms with Gasteiger partial charge in [-0.15, -0.1) is 12.4 Å². The molecule has 19 heavy (non-hydrogen) atoms. The normalized spacial score (nSPS) is 9.84. The molecule has 2 aromatic rings. The van der Waals surface area contributed by atoms with E-state index in [9.17, 15) is 0 Å². The highest BCUT2D eigenvalue weighted by Crippen LogP contribution is 2.36. The number of hydrogen-bond donors (Lipinski definition) is 1. The lowest BCUT2D eigenvalue weighted by Gasteiger charge is -2.09. The van der Waals surface area contributed by atoms with Gasteiger partial charge < -0.3 is 19.7 Å². The minimum atomic E-state index is 0. The lowest BCUT2D eigenvalue weighted by atomic mass is 10.2. The maximum atomic E-state index is 5.44. The topological polar surface area (TPSA) is 83.4 Å². The van der Waals surface area contributed by atoms with Gasteiger partial charge in [0.15, 0.2) is 17.3 Å². The summed E-state index contributed by atoms with van der Waals surface area (Å²) < 4.78 is 15.7. The quantitative estimate of drug-likeness (QED) is 0.900. The Hall–Kier alpha value is -1.79. The first-order valence-corrected chi connectivity index (χ1v) is 5.54.